The summed E-state index contributed by atoms with van der Waals surface area (Å²) in [5, 5.41) is 5.83. The molecule has 1 aliphatic carbocycles. The number of rotatable bonds is 11. The molecular weight excluding hydrogens is 429 g/mol. The molecule has 0 N–H and O–H groups in total. The number of aryl methyl sites for hydroxylation is 1. The van der Waals surface area contributed by atoms with Gasteiger partial charge in [0.05, 0.1) is 28.8 Å². The van der Waals surface area contributed by atoms with E-state index in [1.807, 2.05) is 18.4 Å². The monoisotopic (exact) mass is 453 g/mol. The van der Waals surface area contributed by atoms with Crippen molar-refractivity contribution in [2.24, 2.45) is 0 Å². The fraction of sp³-hybridized carbons (Fsp3) is 0.450. The second-order valence-corrected chi connectivity index (χ2v) is 10.5. The number of hydrogen-bond donors (Lipinski definition) is 0. The third-order valence-electron chi connectivity index (χ3n) is 4.50. The lowest BCUT2D eigenvalue weighted by Gasteiger charge is -2.11. The number of hydrogen-bond acceptors (Lipinski definition) is 7. The molecule has 1 aliphatic rings. The predicted molar refractivity (Wildman–Crippen MR) is 122 cm³/mol. The Morgan fingerprint density at radius 1 is 1.52 bits per heavy atom. The zero-order chi connectivity index (χ0) is 21.0. The van der Waals surface area contributed by atoms with Crippen molar-refractivity contribution in [2.75, 3.05) is 12.9 Å². The van der Waals surface area contributed by atoms with Gasteiger partial charge in [-0.2, -0.15) is 5.10 Å². The molecule has 2 heterocycles. The lowest BCUT2D eigenvalue weighted by molar-refractivity contribution is 0.282. The SMILES string of the molecule is C=CC/C(=C\C(F)=C(/CSC(C)SC=O)OC)c1c(C)nc2sc(C3CC3)nn12. The van der Waals surface area contributed by atoms with Gasteiger partial charge in [-0.1, -0.05) is 29.2 Å². The van der Waals surface area contributed by atoms with Crippen LogP contribution < -0.4 is 0 Å². The van der Waals surface area contributed by atoms with Gasteiger partial charge in [-0.25, -0.2) is 13.9 Å². The average molecular weight is 454 g/mol. The molecule has 0 aliphatic heterocycles. The van der Waals surface area contributed by atoms with Gasteiger partial charge in [0.15, 0.2) is 11.4 Å². The van der Waals surface area contributed by atoms with Gasteiger partial charge in [0.25, 0.3) is 0 Å². The third-order valence-corrected chi connectivity index (χ3v) is 7.70. The van der Waals surface area contributed by atoms with E-state index >= 15 is 4.39 Å². The van der Waals surface area contributed by atoms with Gasteiger partial charge < -0.3 is 4.74 Å². The fourth-order valence-electron chi connectivity index (χ4n) is 2.88. The molecule has 29 heavy (non-hydrogen) atoms. The van der Waals surface area contributed by atoms with Crippen LogP contribution >= 0.6 is 34.9 Å². The van der Waals surface area contributed by atoms with Crippen LogP contribution in [0.2, 0.25) is 0 Å². The molecule has 2 aromatic heterocycles. The summed E-state index contributed by atoms with van der Waals surface area (Å²) in [6, 6.07) is 0. The highest BCUT2D eigenvalue weighted by molar-refractivity contribution is 8.23. The highest BCUT2D eigenvalue weighted by Crippen LogP contribution is 2.42. The maximum Gasteiger partial charge on any atom is 0.212 e. The van der Waals surface area contributed by atoms with Gasteiger partial charge in [-0.05, 0) is 44.8 Å². The number of halogens is 1. The average Bonchev–Trinajstić information content (AvgIpc) is 3.38. The maximum atomic E-state index is 15.1. The second-order valence-electron chi connectivity index (χ2n) is 6.70. The van der Waals surface area contributed by atoms with Gasteiger partial charge >= 0.3 is 0 Å². The molecule has 9 heteroatoms. The van der Waals surface area contributed by atoms with E-state index in [1.165, 1.54) is 37.8 Å². The molecule has 1 saturated carbocycles. The van der Waals surface area contributed by atoms with Crippen molar-refractivity contribution in [1.29, 1.82) is 0 Å². The molecule has 0 aromatic carbocycles. The molecule has 5 nitrogen and oxygen atoms in total. The van der Waals surface area contributed by atoms with Crippen molar-refractivity contribution in [3.63, 3.8) is 0 Å². The Balaban J connectivity index is 1.94. The van der Waals surface area contributed by atoms with Crippen molar-refractivity contribution in [2.45, 2.75) is 43.6 Å². The number of imidazole rings is 1. The lowest BCUT2D eigenvalue weighted by Crippen LogP contribution is -2.00. The minimum absolute atomic E-state index is 0.0228. The third kappa shape index (κ3) is 5.32. The number of carbonyl (C=O) groups excluding carboxylic acids is 1. The molecule has 1 atom stereocenters. The van der Waals surface area contributed by atoms with Crippen LogP contribution in [0, 0.1) is 6.92 Å². The van der Waals surface area contributed by atoms with Crippen molar-refractivity contribution in [3.05, 3.63) is 46.7 Å². The van der Waals surface area contributed by atoms with Crippen molar-refractivity contribution >= 4 is 51.0 Å². The van der Waals surface area contributed by atoms with Crippen molar-refractivity contribution in [1.82, 2.24) is 14.6 Å². The molecule has 0 spiro atoms. The van der Waals surface area contributed by atoms with Gasteiger partial charge in [0, 0.05) is 5.92 Å². The summed E-state index contributed by atoms with van der Waals surface area (Å²) >= 11 is 4.22. The van der Waals surface area contributed by atoms with Gasteiger partial charge in [0.2, 0.25) is 4.96 Å². The normalized spacial score (nSPS) is 16.6. The molecule has 3 rings (SSSR count). The smallest absolute Gasteiger partial charge is 0.212 e. The Labute approximate surface area is 182 Å². The summed E-state index contributed by atoms with van der Waals surface area (Å²) in [5.41, 5.74) is 3.18. The molecule has 1 unspecified atom stereocenters. The van der Waals surface area contributed by atoms with E-state index in [1.54, 1.807) is 17.4 Å². The van der Waals surface area contributed by atoms with Crippen molar-refractivity contribution < 1.29 is 13.9 Å². The number of nitrogens with zero attached hydrogens (tertiary/aromatic N) is 3. The number of thioether (sulfide) groups is 2. The van der Waals surface area contributed by atoms with Gasteiger partial charge in [-0.3, -0.25) is 4.79 Å². The molecule has 0 amide bonds. The summed E-state index contributed by atoms with van der Waals surface area (Å²) in [6.07, 6.45) is 6.07. The van der Waals surface area contributed by atoms with Gasteiger partial charge in [-0.15, -0.1) is 18.3 Å². The number of ether oxygens (including phenoxy) is 1. The number of aromatic nitrogens is 3. The zero-order valence-electron chi connectivity index (χ0n) is 16.7. The first-order chi connectivity index (χ1) is 14.0. The van der Waals surface area contributed by atoms with Crippen LogP contribution in [0.25, 0.3) is 10.5 Å². The first-order valence-corrected chi connectivity index (χ1v) is 12.1. The summed E-state index contributed by atoms with van der Waals surface area (Å²) in [5.74, 6) is 0.685. The highest BCUT2D eigenvalue weighted by atomic mass is 32.2. The van der Waals surface area contributed by atoms with Crippen LogP contribution in [0.1, 0.15) is 48.5 Å². The fourth-order valence-corrected chi connectivity index (χ4v) is 5.44. The van der Waals surface area contributed by atoms with Crippen LogP contribution in [0.3, 0.4) is 0 Å². The zero-order valence-corrected chi connectivity index (χ0v) is 19.1. The van der Waals surface area contributed by atoms with Crippen LogP contribution in [0.4, 0.5) is 4.39 Å². The highest BCUT2D eigenvalue weighted by Gasteiger charge is 2.29. The molecule has 0 radical (unpaired) electrons. The minimum atomic E-state index is -0.438. The first kappa shape index (κ1) is 22.1. The van der Waals surface area contributed by atoms with E-state index in [0.717, 1.165) is 44.3 Å². The lowest BCUT2D eigenvalue weighted by atomic mass is 10.1. The Bertz CT molecular complexity index is 960. The van der Waals surface area contributed by atoms with E-state index in [0.29, 0.717) is 18.1 Å². The number of fused-ring (bicyclic) bond motifs is 1. The van der Waals surface area contributed by atoms with E-state index < -0.39 is 5.83 Å². The Hall–Kier alpha value is -1.58. The van der Waals surface area contributed by atoms with E-state index in [9.17, 15) is 4.79 Å². The molecular formula is C20H24FN3O2S3. The van der Waals surface area contributed by atoms with Crippen LogP contribution in [-0.2, 0) is 9.53 Å². The van der Waals surface area contributed by atoms with Crippen molar-refractivity contribution in [3.8, 4) is 0 Å². The quantitative estimate of drug-likeness (QED) is 0.142. The van der Waals surface area contributed by atoms with E-state index in [4.69, 9.17) is 9.84 Å². The Kier molecular flexibility index (Phi) is 7.59. The number of carbonyl (C=O) groups is 1. The molecule has 2 aromatic rings. The molecule has 156 valence electrons. The molecule has 0 saturated heterocycles. The van der Waals surface area contributed by atoms with Crippen LogP contribution in [0.5, 0.6) is 0 Å². The first-order valence-electron chi connectivity index (χ1n) is 9.29. The standard InChI is InChI=1S/C20H24FN3O2S3/c1-5-6-15(9-16(21)17(26-4)10-27-13(3)28-11-25)18-12(2)22-20-24(18)23-19(29-20)14-7-8-14/h5,9,11,13-14H,1,6-8,10H2,2-4H3/b15-9+,17-16-. The number of methoxy groups -OCH3 is 1. The largest absolute Gasteiger partial charge is 0.497 e. The van der Waals surface area contributed by atoms with Crippen LogP contribution in [-0.4, -0.2) is 37.7 Å². The molecule has 0 bridgehead atoms. The topological polar surface area (TPSA) is 56.5 Å². The summed E-state index contributed by atoms with van der Waals surface area (Å²) in [6.45, 7) is 7.63. The minimum Gasteiger partial charge on any atom is -0.497 e. The Morgan fingerprint density at radius 2 is 2.28 bits per heavy atom. The molecule has 1 fully saturated rings. The van der Waals surface area contributed by atoms with E-state index in [-0.39, 0.29) is 10.3 Å². The van der Waals surface area contributed by atoms with Crippen LogP contribution in [0.15, 0.2) is 30.3 Å². The maximum absolute atomic E-state index is 15.1. The summed E-state index contributed by atoms with van der Waals surface area (Å²) < 4.78 is 22.2. The summed E-state index contributed by atoms with van der Waals surface area (Å²) in [4.78, 5) is 16.1. The predicted octanol–water partition coefficient (Wildman–Crippen LogP) is 5.77. The number of allylic oxidation sites excluding steroid dienone is 4. The second kappa shape index (κ2) is 9.95. The summed E-state index contributed by atoms with van der Waals surface area (Å²) in [7, 11) is 1.46. The van der Waals surface area contributed by atoms with E-state index in [2.05, 4.69) is 11.6 Å². The Morgan fingerprint density at radius 3 is 2.90 bits per heavy atom. The van der Waals surface area contributed by atoms with Gasteiger partial charge in [0.1, 0.15) is 10.8 Å².